The van der Waals surface area contributed by atoms with E-state index in [1.807, 2.05) is 25.1 Å². The molecule has 0 aliphatic heterocycles. The highest BCUT2D eigenvalue weighted by molar-refractivity contribution is 6.09. The van der Waals surface area contributed by atoms with Crippen molar-refractivity contribution in [2.24, 2.45) is 0 Å². The lowest BCUT2D eigenvalue weighted by molar-refractivity contribution is -0.307. The topological polar surface area (TPSA) is 102 Å². The Morgan fingerprint density at radius 1 is 1.24 bits per heavy atom. The third-order valence-corrected chi connectivity index (χ3v) is 3.19. The number of nitriles is 1. The third-order valence-electron chi connectivity index (χ3n) is 3.19. The number of nitrogens with one attached hydrogen (secondary N) is 1. The molecule has 0 atom stereocenters. The summed E-state index contributed by atoms with van der Waals surface area (Å²) < 4.78 is 4.96. The number of amides is 1. The number of aryl methyl sites for hydroxylation is 1. The second-order valence-electron chi connectivity index (χ2n) is 5.22. The summed E-state index contributed by atoms with van der Waals surface area (Å²) in [5.41, 5.74) is 2.16. The standard InChI is InChI=1S/C19H16N2O4/c1-13-3-2-4-16(9-13)21-19(24)15(11-20)10-14-5-7-17(8-6-14)25-12-18(22)23/h2-10H,12H2,1H3,(H,21,24)(H,22,23)/p-1. The molecule has 1 amide bonds. The normalized spacial score (nSPS) is 10.6. The predicted octanol–water partition coefficient (Wildman–Crippen LogP) is 1.67. The number of carboxylic acids is 1. The van der Waals surface area contributed by atoms with Gasteiger partial charge in [-0.25, -0.2) is 0 Å². The summed E-state index contributed by atoms with van der Waals surface area (Å²) in [6, 6.07) is 15.4. The number of carbonyl (C=O) groups is 2. The Kier molecular flexibility index (Phi) is 5.91. The Hall–Kier alpha value is -3.59. The average Bonchev–Trinajstić information content (AvgIpc) is 2.58. The minimum absolute atomic E-state index is 0.0510. The second-order valence-corrected chi connectivity index (χ2v) is 5.22. The Morgan fingerprint density at radius 3 is 2.56 bits per heavy atom. The molecule has 0 spiro atoms. The molecule has 0 heterocycles. The molecule has 0 saturated heterocycles. The van der Waals surface area contributed by atoms with Gasteiger partial charge in [0.2, 0.25) is 0 Å². The molecule has 0 saturated carbocycles. The smallest absolute Gasteiger partial charge is 0.266 e. The molecule has 6 heteroatoms. The average molecular weight is 335 g/mol. The van der Waals surface area contributed by atoms with Crippen LogP contribution in [0.4, 0.5) is 5.69 Å². The first-order valence-corrected chi connectivity index (χ1v) is 7.40. The van der Waals surface area contributed by atoms with E-state index in [0.717, 1.165) is 5.56 Å². The van der Waals surface area contributed by atoms with Crippen LogP contribution in [0.2, 0.25) is 0 Å². The zero-order valence-electron chi connectivity index (χ0n) is 13.5. The van der Waals surface area contributed by atoms with Gasteiger partial charge in [0.25, 0.3) is 5.91 Å². The Balaban J connectivity index is 2.09. The van der Waals surface area contributed by atoms with Gasteiger partial charge in [0.15, 0.2) is 0 Å². The van der Waals surface area contributed by atoms with Crippen LogP contribution < -0.4 is 15.2 Å². The monoisotopic (exact) mass is 335 g/mol. The fourth-order valence-corrected chi connectivity index (χ4v) is 2.04. The lowest BCUT2D eigenvalue weighted by atomic mass is 10.1. The molecule has 0 radical (unpaired) electrons. The van der Waals surface area contributed by atoms with Crippen molar-refractivity contribution >= 4 is 23.6 Å². The molecule has 2 aromatic carbocycles. The lowest BCUT2D eigenvalue weighted by Crippen LogP contribution is -2.28. The van der Waals surface area contributed by atoms with E-state index in [1.54, 1.807) is 36.4 Å². The molecular weight excluding hydrogens is 320 g/mol. The first-order chi connectivity index (χ1) is 12.0. The van der Waals surface area contributed by atoms with E-state index in [1.165, 1.54) is 6.08 Å². The molecule has 6 nitrogen and oxygen atoms in total. The fraction of sp³-hybridized carbons (Fsp3) is 0.105. The van der Waals surface area contributed by atoms with Crippen LogP contribution >= 0.6 is 0 Å². The number of ether oxygens (including phenoxy) is 1. The number of aliphatic carboxylic acids is 1. The van der Waals surface area contributed by atoms with Crippen LogP contribution in [0.1, 0.15) is 11.1 Å². The maximum absolute atomic E-state index is 12.2. The van der Waals surface area contributed by atoms with E-state index >= 15 is 0 Å². The molecule has 0 fully saturated rings. The van der Waals surface area contributed by atoms with E-state index < -0.39 is 18.5 Å². The van der Waals surface area contributed by atoms with Gasteiger partial charge in [-0.1, -0.05) is 24.3 Å². The van der Waals surface area contributed by atoms with Gasteiger partial charge in [0.05, 0.1) is 5.97 Å². The Labute approximate surface area is 145 Å². The number of rotatable bonds is 6. The first-order valence-electron chi connectivity index (χ1n) is 7.40. The molecule has 0 unspecified atom stereocenters. The van der Waals surface area contributed by atoms with Gasteiger partial charge >= 0.3 is 0 Å². The minimum atomic E-state index is -1.32. The molecule has 0 bridgehead atoms. The Morgan fingerprint density at radius 2 is 1.96 bits per heavy atom. The predicted molar refractivity (Wildman–Crippen MR) is 90.3 cm³/mol. The van der Waals surface area contributed by atoms with Crippen LogP contribution in [0.5, 0.6) is 5.75 Å². The lowest BCUT2D eigenvalue weighted by Gasteiger charge is -2.07. The number of hydrogen-bond acceptors (Lipinski definition) is 5. The second kappa shape index (κ2) is 8.31. The summed E-state index contributed by atoms with van der Waals surface area (Å²) in [6.45, 7) is 1.36. The van der Waals surface area contributed by atoms with Gasteiger partial charge in [0, 0.05) is 5.69 Å². The van der Waals surface area contributed by atoms with Crippen LogP contribution in [0.15, 0.2) is 54.1 Å². The number of nitrogens with zero attached hydrogens (tertiary/aromatic N) is 1. The summed E-state index contributed by atoms with van der Waals surface area (Å²) in [5, 5.41) is 22.2. The highest BCUT2D eigenvalue weighted by atomic mass is 16.5. The van der Waals surface area contributed by atoms with E-state index in [2.05, 4.69) is 5.32 Å². The molecule has 2 rings (SSSR count). The van der Waals surface area contributed by atoms with Crippen molar-refractivity contribution in [3.63, 3.8) is 0 Å². The van der Waals surface area contributed by atoms with E-state index in [-0.39, 0.29) is 5.57 Å². The zero-order chi connectivity index (χ0) is 18.2. The number of carboxylic acid groups (broad SMARTS) is 1. The molecule has 0 aromatic heterocycles. The molecule has 25 heavy (non-hydrogen) atoms. The molecule has 0 aliphatic carbocycles. The van der Waals surface area contributed by atoms with Crippen LogP contribution in [-0.2, 0) is 9.59 Å². The minimum Gasteiger partial charge on any atom is -0.546 e. The molecular formula is C19H15N2O4-. The van der Waals surface area contributed by atoms with E-state index in [4.69, 9.17) is 4.74 Å². The summed E-state index contributed by atoms with van der Waals surface area (Å²) in [6.07, 6.45) is 1.44. The maximum atomic E-state index is 12.2. The van der Waals surface area contributed by atoms with E-state index in [9.17, 15) is 20.0 Å². The number of anilines is 1. The fourth-order valence-electron chi connectivity index (χ4n) is 2.04. The maximum Gasteiger partial charge on any atom is 0.266 e. The van der Waals surface area contributed by atoms with Gasteiger partial charge in [-0.3, -0.25) is 4.79 Å². The van der Waals surface area contributed by atoms with Crippen LogP contribution in [0, 0.1) is 18.3 Å². The van der Waals surface area contributed by atoms with Crippen molar-refractivity contribution in [3.8, 4) is 11.8 Å². The van der Waals surface area contributed by atoms with Crippen molar-refractivity contribution < 1.29 is 19.4 Å². The third kappa shape index (κ3) is 5.52. The van der Waals surface area contributed by atoms with Gasteiger partial charge in [-0.15, -0.1) is 0 Å². The molecule has 0 aliphatic rings. The van der Waals surface area contributed by atoms with Crippen LogP contribution in [0.25, 0.3) is 6.08 Å². The van der Waals surface area contributed by atoms with Gasteiger partial charge in [-0.2, -0.15) is 5.26 Å². The zero-order valence-corrected chi connectivity index (χ0v) is 13.5. The largest absolute Gasteiger partial charge is 0.546 e. The highest BCUT2D eigenvalue weighted by Crippen LogP contribution is 2.16. The van der Waals surface area contributed by atoms with Crippen molar-refractivity contribution in [2.75, 3.05) is 11.9 Å². The van der Waals surface area contributed by atoms with Crippen molar-refractivity contribution in [3.05, 3.63) is 65.2 Å². The van der Waals surface area contributed by atoms with Gasteiger partial charge in [-0.05, 0) is 48.4 Å². The number of benzene rings is 2. The number of carbonyl (C=O) groups excluding carboxylic acids is 2. The van der Waals surface area contributed by atoms with E-state index in [0.29, 0.717) is 17.0 Å². The highest BCUT2D eigenvalue weighted by Gasteiger charge is 2.09. The first kappa shape index (κ1) is 17.8. The SMILES string of the molecule is Cc1cccc(NC(=O)C(C#N)=Cc2ccc(OCC(=O)[O-])cc2)c1. The van der Waals surface area contributed by atoms with Crippen LogP contribution in [-0.4, -0.2) is 18.5 Å². The Bertz CT molecular complexity index is 848. The van der Waals surface area contributed by atoms with Crippen molar-refractivity contribution in [1.29, 1.82) is 5.26 Å². The molecule has 126 valence electrons. The summed E-state index contributed by atoms with van der Waals surface area (Å²) in [4.78, 5) is 22.5. The molecule has 2 aromatic rings. The summed E-state index contributed by atoms with van der Waals surface area (Å²) in [5.74, 6) is -1.47. The summed E-state index contributed by atoms with van der Waals surface area (Å²) in [7, 11) is 0. The van der Waals surface area contributed by atoms with Crippen LogP contribution in [0.3, 0.4) is 0 Å². The quantitative estimate of drug-likeness (QED) is 0.639. The van der Waals surface area contributed by atoms with Crippen molar-refractivity contribution in [2.45, 2.75) is 6.92 Å². The summed E-state index contributed by atoms with van der Waals surface area (Å²) >= 11 is 0. The molecule has 1 N–H and O–H groups in total. The van der Waals surface area contributed by atoms with Gasteiger partial charge in [0.1, 0.15) is 24.0 Å². The van der Waals surface area contributed by atoms with Crippen molar-refractivity contribution in [1.82, 2.24) is 0 Å². The van der Waals surface area contributed by atoms with Gasteiger partial charge < -0.3 is 20.0 Å². The number of hydrogen-bond donors (Lipinski definition) is 1.